The minimum Gasteiger partial charge on any atom is -0.356 e. The van der Waals surface area contributed by atoms with Gasteiger partial charge in [-0.05, 0) is 32.1 Å². The van der Waals surface area contributed by atoms with E-state index in [4.69, 9.17) is 0 Å². The Morgan fingerprint density at radius 3 is 2.67 bits per heavy atom. The Labute approximate surface area is 133 Å². The van der Waals surface area contributed by atoms with Crippen LogP contribution in [0.25, 0.3) is 0 Å². The molecule has 0 aromatic carbocycles. The lowest BCUT2D eigenvalue weighted by Crippen LogP contribution is -2.51. The molecule has 1 saturated heterocycles. The van der Waals surface area contributed by atoms with Crippen LogP contribution in [0.4, 0.5) is 0 Å². The molecule has 18 heavy (non-hydrogen) atoms. The molecule has 0 radical (unpaired) electrons. The molecule has 1 N–H and O–H groups in total. The normalized spacial score (nSPS) is 30.7. The Balaban J connectivity index is 0.00000162. The van der Waals surface area contributed by atoms with E-state index < -0.39 is 0 Å². The molecule has 1 saturated carbocycles. The van der Waals surface area contributed by atoms with E-state index in [1.54, 1.807) is 0 Å². The number of thioether (sulfide) groups is 1. The number of nitrogens with zero attached hydrogens (tertiary/aromatic N) is 2. The van der Waals surface area contributed by atoms with Gasteiger partial charge in [-0.15, -0.1) is 24.0 Å². The fourth-order valence-corrected chi connectivity index (χ4v) is 3.55. The summed E-state index contributed by atoms with van der Waals surface area (Å²) in [5.41, 5.74) is 0. The minimum absolute atomic E-state index is 0. The average Bonchev–Trinajstić information content (AvgIpc) is 2.94. The number of halogens is 1. The van der Waals surface area contributed by atoms with E-state index >= 15 is 0 Å². The molecule has 2 unspecified atom stereocenters. The first-order chi connectivity index (χ1) is 8.02. The molecule has 3 nitrogen and oxygen atoms in total. The van der Waals surface area contributed by atoms with Gasteiger partial charge in [-0.2, -0.15) is 11.8 Å². The van der Waals surface area contributed by atoms with Crippen LogP contribution in [-0.4, -0.2) is 48.0 Å². The van der Waals surface area contributed by atoms with Gasteiger partial charge in [-0.25, -0.2) is 0 Å². The molecular weight excluding hydrogens is 357 g/mol. The van der Waals surface area contributed by atoms with E-state index in [0.717, 1.165) is 37.4 Å². The highest BCUT2D eigenvalue weighted by atomic mass is 127. The highest BCUT2D eigenvalue weighted by Crippen LogP contribution is 2.36. The molecular formula is C13H26IN3S. The lowest BCUT2D eigenvalue weighted by atomic mass is 10.2. The summed E-state index contributed by atoms with van der Waals surface area (Å²) in [7, 11) is 1.90. The van der Waals surface area contributed by atoms with Crippen LogP contribution >= 0.6 is 35.7 Å². The molecule has 2 atom stereocenters. The van der Waals surface area contributed by atoms with E-state index in [-0.39, 0.29) is 24.0 Å². The van der Waals surface area contributed by atoms with E-state index in [1.807, 2.05) is 7.05 Å². The fraction of sp³-hybridized carbons (Fsp3) is 0.923. The van der Waals surface area contributed by atoms with Crippen molar-refractivity contribution in [2.75, 3.05) is 32.4 Å². The molecule has 5 heteroatoms. The van der Waals surface area contributed by atoms with Gasteiger partial charge in [0, 0.05) is 37.2 Å². The molecule has 0 aromatic rings. The van der Waals surface area contributed by atoms with Crippen molar-refractivity contribution in [1.82, 2.24) is 10.2 Å². The van der Waals surface area contributed by atoms with Crippen LogP contribution in [0, 0.1) is 11.8 Å². The molecule has 0 spiro atoms. The number of guanidine groups is 1. The summed E-state index contributed by atoms with van der Waals surface area (Å²) in [6.07, 6.45) is 1.38. The third-order valence-corrected chi connectivity index (χ3v) is 5.03. The van der Waals surface area contributed by atoms with Crippen LogP contribution in [-0.2, 0) is 0 Å². The van der Waals surface area contributed by atoms with E-state index in [0.29, 0.717) is 4.75 Å². The fourth-order valence-electron chi connectivity index (χ4n) is 2.44. The second kappa shape index (κ2) is 6.68. The number of aliphatic imine (C=N–C) groups is 1. The monoisotopic (exact) mass is 383 g/mol. The Morgan fingerprint density at radius 1 is 1.50 bits per heavy atom. The van der Waals surface area contributed by atoms with Gasteiger partial charge in [-0.3, -0.25) is 4.99 Å². The summed E-state index contributed by atoms with van der Waals surface area (Å²) >= 11 is 2.06. The van der Waals surface area contributed by atoms with Crippen molar-refractivity contribution in [2.24, 2.45) is 16.8 Å². The van der Waals surface area contributed by atoms with Gasteiger partial charge in [0.2, 0.25) is 0 Å². The van der Waals surface area contributed by atoms with Gasteiger partial charge < -0.3 is 10.2 Å². The predicted molar refractivity (Wildman–Crippen MR) is 92.2 cm³/mol. The van der Waals surface area contributed by atoms with E-state index in [1.165, 1.54) is 12.2 Å². The quantitative estimate of drug-likeness (QED) is 0.452. The molecule has 0 amide bonds. The number of hydrogen-bond acceptors (Lipinski definition) is 2. The van der Waals surface area contributed by atoms with Gasteiger partial charge >= 0.3 is 0 Å². The average molecular weight is 383 g/mol. The second-order valence-corrected chi connectivity index (χ2v) is 7.73. The third kappa shape index (κ3) is 4.47. The summed E-state index contributed by atoms with van der Waals surface area (Å²) in [5.74, 6) is 4.08. The van der Waals surface area contributed by atoms with E-state index in [9.17, 15) is 0 Å². The van der Waals surface area contributed by atoms with Crippen LogP contribution in [0.3, 0.4) is 0 Å². The molecule has 2 rings (SSSR count). The van der Waals surface area contributed by atoms with Gasteiger partial charge in [0.05, 0.1) is 0 Å². The maximum absolute atomic E-state index is 4.42. The minimum atomic E-state index is 0. The maximum Gasteiger partial charge on any atom is 0.193 e. The molecule has 1 aliphatic heterocycles. The predicted octanol–water partition coefficient (Wildman–Crippen LogP) is 2.66. The Morgan fingerprint density at radius 2 is 2.17 bits per heavy atom. The van der Waals surface area contributed by atoms with E-state index in [2.05, 4.69) is 47.7 Å². The molecule has 2 fully saturated rings. The van der Waals surface area contributed by atoms with Crippen molar-refractivity contribution in [2.45, 2.75) is 31.9 Å². The van der Waals surface area contributed by atoms with Crippen LogP contribution in [0.1, 0.15) is 27.2 Å². The van der Waals surface area contributed by atoms with Crippen LogP contribution in [0.2, 0.25) is 0 Å². The lowest BCUT2D eigenvalue weighted by Gasteiger charge is -2.39. The first-order valence-electron chi connectivity index (χ1n) is 6.61. The van der Waals surface area contributed by atoms with Gasteiger partial charge in [0.1, 0.15) is 0 Å². The zero-order valence-electron chi connectivity index (χ0n) is 11.9. The highest BCUT2D eigenvalue weighted by molar-refractivity contribution is 14.0. The largest absolute Gasteiger partial charge is 0.356 e. The van der Waals surface area contributed by atoms with Crippen molar-refractivity contribution in [3.8, 4) is 0 Å². The summed E-state index contributed by atoms with van der Waals surface area (Å²) in [6, 6.07) is 0. The lowest BCUT2D eigenvalue weighted by molar-refractivity contribution is 0.375. The summed E-state index contributed by atoms with van der Waals surface area (Å²) in [4.78, 5) is 6.83. The highest BCUT2D eigenvalue weighted by Gasteiger charge is 2.33. The first kappa shape index (κ1) is 16.4. The van der Waals surface area contributed by atoms with Crippen LogP contribution < -0.4 is 5.32 Å². The Hall–Kier alpha value is 0.350. The number of nitrogens with one attached hydrogen (secondary N) is 1. The summed E-state index contributed by atoms with van der Waals surface area (Å²) in [5, 5.41) is 3.54. The van der Waals surface area contributed by atoms with Gasteiger partial charge in [0.15, 0.2) is 5.96 Å². The SMILES string of the molecule is CN=C(NCC1CC1C)N1CCSC(C)(C)C1.I. The van der Waals surface area contributed by atoms with Crippen molar-refractivity contribution in [3.05, 3.63) is 0 Å². The molecule has 2 aliphatic rings. The molecule has 0 bridgehead atoms. The van der Waals surface area contributed by atoms with Crippen molar-refractivity contribution < 1.29 is 0 Å². The first-order valence-corrected chi connectivity index (χ1v) is 7.60. The molecule has 1 heterocycles. The maximum atomic E-state index is 4.42. The molecule has 106 valence electrons. The zero-order chi connectivity index (χ0) is 12.5. The van der Waals surface area contributed by atoms with Crippen LogP contribution in [0.15, 0.2) is 4.99 Å². The molecule has 0 aromatic heterocycles. The van der Waals surface area contributed by atoms with Crippen molar-refractivity contribution in [3.63, 3.8) is 0 Å². The topological polar surface area (TPSA) is 27.6 Å². The molecule has 1 aliphatic carbocycles. The second-order valence-electron chi connectivity index (χ2n) is 5.93. The summed E-state index contributed by atoms with van der Waals surface area (Å²) in [6.45, 7) is 10.3. The van der Waals surface area contributed by atoms with Crippen LogP contribution in [0.5, 0.6) is 0 Å². The van der Waals surface area contributed by atoms with Crippen molar-refractivity contribution >= 4 is 41.7 Å². The standard InChI is InChI=1S/C13H25N3S.HI/c1-10-7-11(10)8-15-12(14-4)16-5-6-17-13(2,3)9-16;/h10-11H,5-9H2,1-4H3,(H,14,15);1H. The number of rotatable bonds is 2. The Bertz CT molecular complexity index is 307. The number of hydrogen-bond donors (Lipinski definition) is 1. The van der Waals surface area contributed by atoms with Crippen molar-refractivity contribution in [1.29, 1.82) is 0 Å². The van der Waals surface area contributed by atoms with Gasteiger partial charge in [0.25, 0.3) is 0 Å². The third-order valence-electron chi connectivity index (χ3n) is 3.74. The summed E-state index contributed by atoms with van der Waals surface area (Å²) < 4.78 is 0.350. The van der Waals surface area contributed by atoms with Gasteiger partial charge in [-0.1, -0.05) is 6.92 Å². The zero-order valence-corrected chi connectivity index (χ0v) is 15.0. The smallest absolute Gasteiger partial charge is 0.193 e. The Kier molecular flexibility index (Phi) is 6.09.